The van der Waals surface area contributed by atoms with Crippen LogP contribution in [0.2, 0.25) is 0 Å². The molecule has 0 saturated heterocycles. The summed E-state index contributed by atoms with van der Waals surface area (Å²) in [7, 11) is 0. The molecular weight excluding hydrogens is 382 g/mol. The van der Waals surface area contributed by atoms with E-state index < -0.39 is 0 Å². The number of carbonyl (C=O) groups is 1. The summed E-state index contributed by atoms with van der Waals surface area (Å²) >= 11 is 1.49. The Labute approximate surface area is 174 Å². The van der Waals surface area contributed by atoms with Crippen molar-refractivity contribution in [2.45, 2.75) is 62.6 Å². The van der Waals surface area contributed by atoms with Crippen molar-refractivity contribution in [2.75, 3.05) is 5.75 Å². The number of hydrogen-bond donors (Lipinski definition) is 0. The molecule has 5 nitrogen and oxygen atoms in total. The third-order valence-electron chi connectivity index (χ3n) is 6.10. The Morgan fingerprint density at radius 1 is 1.07 bits per heavy atom. The molecule has 0 radical (unpaired) electrons. The predicted molar refractivity (Wildman–Crippen MR) is 113 cm³/mol. The second kappa shape index (κ2) is 8.19. The summed E-state index contributed by atoms with van der Waals surface area (Å²) in [4.78, 5) is 12.8. The minimum absolute atomic E-state index is 0.155. The molecule has 0 atom stereocenters. The number of rotatable bonds is 6. The first kappa shape index (κ1) is 18.7. The number of furan rings is 1. The van der Waals surface area contributed by atoms with Gasteiger partial charge in [0.1, 0.15) is 0 Å². The zero-order valence-corrected chi connectivity index (χ0v) is 17.3. The fourth-order valence-corrected chi connectivity index (χ4v) is 5.48. The summed E-state index contributed by atoms with van der Waals surface area (Å²) in [6.45, 7) is 0. The van der Waals surface area contributed by atoms with Crippen molar-refractivity contribution in [3.8, 4) is 11.6 Å². The number of carbonyl (C=O) groups excluding carboxylic acids is 1. The van der Waals surface area contributed by atoms with E-state index >= 15 is 0 Å². The second-order valence-electron chi connectivity index (χ2n) is 7.99. The van der Waals surface area contributed by atoms with E-state index in [4.69, 9.17) is 4.42 Å². The number of fused-ring (bicyclic) bond motifs is 1. The van der Waals surface area contributed by atoms with Gasteiger partial charge in [-0.1, -0.05) is 43.2 Å². The van der Waals surface area contributed by atoms with Crippen LogP contribution < -0.4 is 0 Å². The smallest absolute Gasteiger partial charge is 0.200 e. The van der Waals surface area contributed by atoms with Crippen molar-refractivity contribution in [2.24, 2.45) is 0 Å². The summed E-state index contributed by atoms with van der Waals surface area (Å²) in [5.41, 5.74) is 3.55. The highest BCUT2D eigenvalue weighted by Gasteiger charge is 2.25. The lowest BCUT2D eigenvalue weighted by molar-refractivity contribution is 0.102. The normalized spacial score (nSPS) is 16.8. The van der Waals surface area contributed by atoms with E-state index in [0.717, 1.165) is 48.0 Å². The van der Waals surface area contributed by atoms with E-state index in [-0.39, 0.29) is 5.78 Å². The monoisotopic (exact) mass is 407 g/mol. The summed E-state index contributed by atoms with van der Waals surface area (Å²) in [6.07, 6.45) is 11.1. The number of benzene rings is 1. The Morgan fingerprint density at radius 2 is 1.93 bits per heavy atom. The molecule has 1 aromatic carbocycles. The lowest BCUT2D eigenvalue weighted by Crippen LogP contribution is -2.15. The van der Waals surface area contributed by atoms with Crippen molar-refractivity contribution in [3.63, 3.8) is 0 Å². The summed E-state index contributed by atoms with van der Waals surface area (Å²) in [5, 5.41) is 9.67. The molecule has 0 N–H and O–H groups in total. The van der Waals surface area contributed by atoms with Crippen molar-refractivity contribution in [1.29, 1.82) is 0 Å². The second-order valence-corrected chi connectivity index (χ2v) is 8.94. The third-order valence-corrected chi connectivity index (χ3v) is 7.04. The van der Waals surface area contributed by atoms with Gasteiger partial charge in [0, 0.05) is 11.6 Å². The van der Waals surface area contributed by atoms with Crippen LogP contribution in [0.1, 0.15) is 66.1 Å². The molecule has 2 aromatic heterocycles. The van der Waals surface area contributed by atoms with Gasteiger partial charge in [-0.2, -0.15) is 0 Å². The predicted octanol–water partition coefficient (Wildman–Crippen LogP) is 5.51. The molecule has 0 spiro atoms. The topological polar surface area (TPSA) is 60.9 Å². The lowest BCUT2D eigenvalue weighted by atomic mass is 9.95. The van der Waals surface area contributed by atoms with Crippen LogP contribution in [0, 0.1) is 0 Å². The maximum atomic E-state index is 12.8. The van der Waals surface area contributed by atoms with Crippen LogP contribution >= 0.6 is 11.8 Å². The van der Waals surface area contributed by atoms with E-state index in [1.165, 1.54) is 48.6 Å². The average Bonchev–Trinajstić information content (AvgIpc) is 3.52. The Morgan fingerprint density at radius 3 is 2.76 bits per heavy atom. The van der Waals surface area contributed by atoms with E-state index in [1.807, 2.05) is 18.2 Å². The highest BCUT2D eigenvalue weighted by atomic mass is 32.2. The van der Waals surface area contributed by atoms with E-state index in [0.29, 0.717) is 11.8 Å². The van der Waals surface area contributed by atoms with Crippen LogP contribution in [0.25, 0.3) is 11.6 Å². The summed E-state index contributed by atoms with van der Waals surface area (Å²) in [6, 6.07) is 10.4. The maximum Gasteiger partial charge on any atom is 0.200 e. The van der Waals surface area contributed by atoms with Crippen LogP contribution in [-0.4, -0.2) is 26.3 Å². The van der Waals surface area contributed by atoms with Crippen molar-refractivity contribution >= 4 is 17.5 Å². The van der Waals surface area contributed by atoms with Gasteiger partial charge in [0.25, 0.3) is 0 Å². The molecule has 1 saturated carbocycles. The first-order chi connectivity index (χ1) is 14.3. The fraction of sp³-hybridized carbons (Fsp3) is 0.435. The highest BCUT2D eigenvalue weighted by Crippen LogP contribution is 2.36. The van der Waals surface area contributed by atoms with Gasteiger partial charge in [-0.3, -0.25) is 9.36 Å². The van der Waals surface area contributed by atoms with Crippen molar-refractivity contribution in [1.82, 2.24) is 14.8 Å². The number of ketones is 1. The van der Waals surface area contributed by atoms with E-state index in [9.17, 15) is 4.79 Å². The van der Waals surface area contributed by atoms with Crippen molar-refractivity contribution in [3.05, 3.63) is 53.3 Å². The Kier molecular flexibility index (Phi) is 5.27. The largest absolute Gasteiger partial charge is 0.461 e. The summed E-state index contributed by atoms with van der Waals surface area (Å²) < 4.78 is 7.81. The molecule has 2 aliphatic carbocycles. The fourth-order valence-electron chi connectivity index (χ4n) is 4.58. The number of Topliss-reactive ketones (excluding diaryl/α,β-unsaturated/α-hetero) is 1. The molecular formula is C23H25N3O2S. The van der Waals surface area contributed by atoms with E-state index in [2.05, 4.69) is 26.9 Å². The minimum Gasteiger partial charge on any atom is -0.461 e. The zero-order chi connectivity index (χ0) is 19.6. The molecule has 6 heteroatoms. The first-order valence-electron chi connectivity index (χ1n) is 10.6. The molecule has 0 bridgehead atoms. The molecule has 2 heterocycles. The van der Waals surface area contributed by atoms with Crippen molar-refractivity contribution < 1.29 is 9.21 Å². The number of aryl methyl sites for hydroxylation is 2. The van der Waals surface area contributed by atoms with Gasteiger partial charge in [-0.05, 0) is 61.4 Å². The molecule has 3 aromatic rings. The average molecular weight is 408 g/mol. The molecule has 29 heavy (non-hydrogen) atoms. The molecule has 150 valence electrons. The van der Waals surface area contributed by atoms with Gasteiger partial charge >= 0.3 is 0 Å². The van der Waals surface area contributed by atoms with Gasteiger partial charge in [-0.15, -0.1) is 10.2 Å². The molecule has 0 amide bonds. The van der Waals surface area contributed by atoms with Crippen LogP contribution in [0.3, 0.4) is 0 Å². The SMILES string of the molecule is O=C(CSc1nnc(-c2ccco2)n1C1CCCCC1)c1ccc2c(c1)CCC2. The van der Waals surface area contributed by atoms with E-state index in [1.54, 1.807) is 6.26 Å². The standard InChI is InChI=1S/C23H25N3O2S/c27-20(18-12-11-16-6-4-7-17(16)14-18)15-29-23-25-24-22(21-10-5-13-28-21)26(23)19-8-2-1-3-9-19/h5,10-14,19H,1-4,6-9,15H2. The minimum atomic E-state index is 0.155. The highest BCUT2D eigenvalue weighted by molar-refractivity contribution is 7.99. The molecule has 0 aliphatic heterocycles. The molecule has 0 unspecified atom stereocenters. The molecule has 2 aliphatic rings. The summed E-state index contributed by atoms with van der Waals surface area (Å²) in [5.74, 6) is 2.04. The van der Waals surface area contributed by atoms with Gasteiger partial charge in [0.15, 0.2) is 16.7 Å². The van der Waals surface area contributed by atoms with Gasteiger partial charge in [-0.25, -0.2) is 0 Å². The van der Waals surface area contributed by atoms with Crippen LogP contribution in [0.5, 0.6) is 0 Å². The van der Waals surface area contributed by atoms with Gasteiger partial charge in [0.05, 0.1) is 12.0 Å². The molecule has 5 rings (SSSR count). The number of aromatic nitrogens is 3. The quantitative estimate of drug-likeness (QED) is 0.398. The number of hydrogen-bond acceptors (Lipinski definition) is 5. The number of thioether (sulfide) groups is 1. The zero-order valence-electron chi connectivity index (χ0n) is 16.5. The number of nitrogens with zero attached hydrogens (tertiary/aromatic N) is 3. The first-order valence-corrected chi connectivity index (χ1v) is 11.5. The Balaban J connectivity index is 1.37. The van der Waals surface area contributed by atoms with Gasteiger partial charge < -0.3 is 4.42 Å². The van der Waals surface area contributed by atoms with Crippen LogP contribution in [-0.2, 0) is 12.8 Å². The third kappa shape index (κ3) is 3.78. The molecule has 1 fully saturated rings. The van der Waals surface area contributed by atoms with Gasteiger partial charge in [0.2, 0.25) is 5.82 Å². The maximum absolute atomic E-state index is 12.8. The Hall–Kier alpha value is -2.34. The Bertz CT molecular complexity index is 1000. The lowest BCUT2D eigenvalue weighted by Gasteiger charge is -2.25. The van der Waals surface area contributed by atoms with Crippen LogP contribution in [0.15, 0.2) is 46.2 Å². The van der Waals surface area contributed by atoms with Crippen LogP contribution in [0.4, 0.5) is 0 Å².